The van der Waals surface area contributed by atoms with Gasteiger partial charge in [-0.05, 0) is 5.92 Å². The van der Waals surface area contributed by atoms with Crippen molar-refractivity contribution in [2.24, 2.45) is 5.92 Å². The Morgan fingerprint density at radius 3 is 2.64 bits per heavy atom. The number of hydrogen-bond donors (Lipinski definition) is 0. The molecular formula is C9H15NO. The van der Waals surface area contributed by atoms with E-state index in [1.807, 2.05) is 13.8 Å². The van der Waals surface area contributed by atoms with Crippen molar-refractivity contribution in [3.63, 3.8) is 0 Å². The molecule has 0 rings (SSSR count). The topological polar surface area (TPSA) is 21.4 Å². The van der Waals surface area contributed by atoms with Crippen LogP contribution >= 0.6 is 0 Å². The molecule has 0 unspecified atom stereocenters. The molecule has 0 saturated heterocycles. The molecule has 0 heterocycles. The molecule has 0 N–H and O–H groups in total. The summed E-state index contributed by atoms with van der Waals surface area (Å²) in [5.41, 5.74) is 0. The number of hydrogen-bond acceptors (Lipinski definition) is 1. The van der Waals surface area contributed by atoms with Crippen molar-refractivity contribution in [2.75, 3.05) is 6.54 Å². The van der Waals surface area contributed by atoms with Crippen molar-refractivity contribution in [1.29, 1.82) is 0 Å². The van der Waals surface area contributed by atoms with E-state index >= 15 is 0 Å². The normalized spacial score (nSPS) is 9.64. The summed E-state index contributed by atoms with van der Waals surface area (Å²) in [6.45, 7) is 11.1. The molecule has 0 aromatic heterocycles. The summed E-state index contributed by atoms with van der Waals surface area (Å²) < 4.78 is 0. The Balaban J connectivity index is 3.32. The van der Waals surface area contributed by atoms with E-state index < -0.39 is 0 Å². The maximum atomic E-state index is 11.0. The first-order valence-electron chi connectivity index (χ1n) is 4.01. The van der Waals surface area contributed by atoms with Gasteiger partial charge in [-0.1, -0.05) is 13.8 Å². The first-order valence-corrected chi connectivity index (χ1v) is 4.01. The summed E-state index contributed by atoms with van der Waals surface area (Å²) in [6, 6.07) is 0. The van der Waals surface area contributed by atoms with Crippen molar-refractivity contribution in [1.82, 2.24) is 0 Å². The monoisotopic (exact) mass is 153 g/mol. The van der Waals surface area contributed by atoms with Gasteiger partial charge in [0.2, 0.25) is 6.54 Å². The van der Waals surface area contributed by atoms with E-state index in [0.29, 0.717) is 31.1 Å². The number of Topliss-reactive ketones (excluding diaryl/α,β-unsaturated/α-hetero) is 1. The van der Waals surface area contributed by atoms with Crippen LogP contribution in [-0.4, -0.2) is 12.3 Å². The highest BCUT2D eigenvalue weighted by molar-refractivity contribution is 5.78. The Kier molecular flexibility index (Phi) is 5.46. The fourth-order valence-corrected chi connectivity index (χ4v) is 0.913. The number of ketones is 1. The molecule has 11 heavy (non-hydrogen) atoms. The molecule has 0 saturated carbocycles. The SMILES string of the molecule is [C-]#[N+]CCCC(=O)CC(C)C. The number of carbonyl (C=O) groups is 1. The molecule has 62 valence electrons. The predicted octanol–water partition coefficient (Wildman–Crippen LogP) is 2.30. The Morgan fingerprint density at radius 2 is 2.18 bits per heavy atom. The summed E-state index contributed by atoms with van der Waals surface area (Å²) in [4.78, 5) is 14.2. The minimum Gasteiger partial charge on any atom is -0.317 e. The van der Waals surface area contributed by atoms with E-state index in [2.05, 4.69) is 4.85 Å². The predicted molar refractivity (Wildman–Crippen MR) is 45.2 cm³/mol. The van der Waals surface area contributed by atoms with Gasteiger partial charge in [0, 0.05) is 19.3 Å². The Morgan fingerprint density at radius 1 is 1.55 bits per heavy atom. The van der Waals surface area contributed by atoms with E-state index in [4.69, 9.17) is 6.57 Å². The zero-order valence-electron chi connectivity index (χ0n) is 7.26. The molecule has 0 aliphatic rings. The first kappa shape index (κ1) is 10.2. The molecule has 0 spiro atoms. The minimum absolute atomic E-state index is 0.295. The largest absolute Gasteiger partial charge is 0.317 e. The lowest BCUT2D eigenvalue weighted by Crippen LogP contribution is -2.02. The van der Waals surface area contributed by atoms with Gasteiger partial charge in [0.15, 0.2) is 0 Å². The highest BCUT2D eigenvalue weighted by Gasteiger charge is 2.04. The van der Waals surface area contributed by atoms with Gasteiger partial charge in [-0.3, -0.25) is 4.79 Å². The van der Waals surface area contributed by atoms with E-state index in [9.17, 15) is 4.79 Å². The molecular weight excluding hydrogens is 138 g/mol. The summed E-state index contributed by atoms with van der Waals surface area (Å²) in [5.74, 6) is 0.749. The van der Waals surface area contributed by atoms with Crippen LogP contribution in [0.25, 0.3) is 4.85 Å². The van der Waals surface area contributed by atoms with Crippen LogP contribution in [0.2, 0.25) is 0 Å². The molecule has 0 aliphatic carbocycles. The second-order valence-electron chi connectivity index (χ2n) is 3.12. The van der Waals surface area contributed by atoms with Crippen LogP contribution in [0.3, 0.4) is 0 Å². The lowest BCUT2D eigenvalue weighted by molar-refractivity contribution is -0.119. The summed E-state index contributed by atoms with van der Waals surface area (Å²) in [5, 5.41) is 0. The van der Waals surface area contributed by atoms with Crippen LogP contribution < -0.4 is 0 Å². The van der Waals surface area contributed by atoms with Crippen LogP contribution in [0.4, 0.5) is 0 Å². The lowest BCUT2D eigenvalue weighted by atomic mass is 10.0. The Labute approximate surface area is 68.4 Å². The molecule has 0 aromatic rings. The Bertz CT molecular complexity index is 155. The molecule has 0 amide bonds. The van der Waals surface area contributed by atoms with E-state index in [1.54, 1.807) is 0 Å². The van der Waals surface area contributed by atoms with Gasteiger partial charge in [-0.2, -0.15) is 0 Å². The molecule has 0 bridgehead atoms. The fraction of sp³-hybridized carbons (Fsp3) is 0.778. The zero-order chi connectivity index (χ0) is 8.69. The fourth-order valence-electron chi connectivity index (χ4n) is 0.913. The van der Waals surface area contributed by atoms with Gasteiger partial charge in [-0.15, -0.1) is 0 Å². The van der Waals surface area contributed by atoms with Gasteiger partial charge < -0.3 is 4.85 Å². The van der Waals surface area contributed by atoms with Crippen molar-refractivity contribution in [3.8, 4) is 0 Å². The van der Waals surface area contributed by atoms with Crippen LogP contribution in [-0.2, 0) is 4.79 Å². The molecule has 0 aromatic carbocycles. The van der Waals surface area contributed by atoms with Gasteiger partial charge in [0.1, 0.15) is 5.78 Å². The molecule has 2 heteroatoms. The Hall–Kier alpha value is -0.840. The van der Waals surface area contributed by atoms with E-state index in [1.165, 1.54) is 0 Å². The van der Waals surface area contributed by atoms with Crippen LogP contribution in [0, 0.1) is 12.5 Å². The van der Waals surface area contributed by atoms with Gasteiger partial charge in [0.25, 0.3) is 0 Å². The quantitative estimate of drug-likeness (QED) is 0.438. The second-order valence-corrected chi connectivity index (χ2v) is 3.12. The second kappa shape index (κ2) is 5.91. The van der Waals surface area contributed by atoms with Crippen molar-refractivity contribution in [3.05, 3.63) is 11.4 Å². The molecule has 0 atom stereocenters. The molecule has 0 radical (unpaired) electrons. The highest BCUT2D eigenvalue weighted by atomic mass is 16.1. The highest BCUT2D eigenvalue weighted by Crippen LogP contribution is 2.04. The number of rotatable bonds is 5. The van der Waals surface area contributed by atoms with Crippen molar-refractivity contribution >= 4 is 5.78 Å². The van der Waals surface area contributed by atoms with E-state index in [-0.39, 0.29) is 0 Å². The summed E-state index contributed by atoms with van der Waals surface area (Å²) >= 11 is 0. The van der Waals surface area contributed by atoms with Crippen molar-refractivity contribution < 1.29 is 4.79 Å². The standard InChI is InChI=1S/C9H15NO/c1-8(2)7-9(11)5-4-6-10-3/h8H,4-7H2,1-2H3. The van der Waals surface area contributed by atoms with E-state index in [0.717, 1.165) is 6.42 Å². The maximum Gasteiger partial charge on any atom is 0.215 e. The summed E-state index contributed by atoms with van der Waals surface area (Å²) in [7, 11) is 0. The number of carbonyl (C=O) groups excluding carboxylic acids is 1. The van der Waals surface area contributed by atoms with Crippen LogP contribution in [0.15, 0.2) is 0 Å². The van der Waals surface area contributed by atoms with Crippen LogP contribution in [0.1, 0.15) is 33.1 Å². The smallest absolute Gasteiger partial charge is 0.215 e. The van der Waals surface area contributed by atoms with Crippen LogP contribution in [0.5, 0.6) is 0 Å². The van der Waals surface area contributed by atoms with Gasteiger partial charge >= 0.3 is 0 Å². The van der Waals surface area contributed by atoms with Gasteiger partial charge in [0.05, 0.1) is 0 Å². The number of nitrogens with zero attached hydrogens (tertiary/aromatic N) is 1. The maximum absolute atomic E-state index is 11.0. The third-order valence-corrected chi connectivity index (χ3v) is 1.36. The molecule has 0 aliphatic heterocycles. The molecule has 2 nitrogen and oxygen atoms in total. The summed E-state index contributed by atoms with van der Waals surface area (Å²) in [6.07, 6.45) is 1.98. The average Bonchev–Trinajstić information content (AvgIpc) is 1.86. The lowest BCUT2D eigenvalue weighted by Gasteiger charge is -2.00. The third-order valence-electron chi connectivity index (χ3n) is 1.36. The third kappa shape index (κ3) is 7.05. The average molecular weight is 153 g/mol. The van der Waals surface area contributed by atoms with Crippen molar-refractivity contribution in [2.45, 2.75) is 33.1 Å². The first-order chi connectivity index (χ1) is 5.16. The zero-order valence-corrected chi connectivity index (χ0v) is 7.26. The van der Waals surface area contributed by atoms with Gasteiger partial charge in [-0.25, -0.2) is 6.57 Å². The molecule has 0 fully saturated rings. The minimum atomic E-state index is 0.295.